The Morgan fingerprint density at radius 2 is 2.09 bits per heavy atom. The van der Waals surface area contributed by atoms with Crippen molar-refractivity contribution in [1.82, 2.24) is 19.4 Å². The third-order valence-corrected chi connectivity index (χ3v) is 5.97. The number of aliphatic carboxylic acids is 1. The Morgan fingerprint density at radius 1 is 1.25 bits per heavy atom. The monoisotopic (exact) mass is 445 g/mol. The molecule has 0 saturated heterocycles. The Bertz CT molecular complexity index is 1360. The van der Waals surface area contributed by atoms with E-state index in [-0.39, 0.29) is 11.1 Å². The van der Waals surface area contributed by atoms with Gasteiger partial charge in [-0.15, -0.1) is 11.3 Å². The van der Waals surface area contributed by atoms with E-state index >= 15 is 0 Å². The van der Waals surface area contributed by atoms with Crippen molar-refractivity contribution in [1.29, 1.82) is 0 Å². The first-order chi connectivity index (χ1) is 15.4. The molecule has 0 unspecified atom stereocenters. The molecule has 0 atom stereocenters. The smallest absolute Gasteiger partial charge is 0.265 e. The van der Waals surface area contributed by atoms with Gasteiger partial charge in [-0.25, -0.2) is 9.97 Å². The van der Waals surface area contributed by atoms with Gasteiger partial charge in [0.15, 0.2) is 0 Å². The highest BCUT2D eigenvalue weighted by Crippen LogP contribution is 2.22. The van der Waals surface area contributed by atoms with Crippen LogP contribution in [0.1, 0.15) is 41.6 Å². The fourth-order valence-corrected chi connectivity index (χ4v) is 4.29. The Kier molecular flexibility index (Phi) is 6.23. The molecule has 0 aliphatic heterocycles. The first-order valence-corrected chi connectivity index (χ1v) is 11.1. The molecule has 0 N–H and O–H groups in total. The highest BCUT2D eigenvalue weighted by atomic mass is 32.1. The van der Waals surface area contributed by atoms with Crippen LogP contribution in [0.2, 0.25) is 0 Å². The Hall–Kier alpha value is -3.65. The summed E-state index contributed by atoms with van der Waals surface area (Å²) in [6.45, 7) is 4.25. The van der Waals surface area contributed by atoms with E-state index in [1.54, 1.807) is 42.1 Å². The summed E-state index contributed by atoms with van der Waals surface area (Å²) in [5, 5.41) is 14.1. The fraction of sp³-hybridized carbons (Fsp3) is 0.208. The molecule has 0 aliphatic rings. The molecular formula is C24H21N4O3S-. The SMILES string of the molecule is CC(C)c1csc(CCc2ccn3c(=O)c(/C=C/C(=O)[O-])c(-c4cccnc4)nc3c2)n1. The van der Waals surface area contributed by atoms with Gasteiger partial charge in [-0.3, -0.25) is 14.2 Å². The Balaban J connectivity index is 1.73. The third kappa shape index (κ3) is 4.65. The van der Waals surface area contributed by atoms with Crippen molar-refractivity contribution in [2.45, 2.75) is 32.6 Å². The first kappa shape index (κ1) is 21.6. The second kappa shape index (κ2) is 9.23. The molecule has 0 radical (unpaired) electrons. The quantitative estimate of drug-likeness (QED) is 0.406. The van der Waals surface area contributed by atoms with Crippen molar-refractivity contribution >= 4 is 29.0 Å². The van der Waals surface area contributed by atoms with E-state index in [2.05, 4.69) is 34.2 Å². The number of rotatable bonds is 7. The topological polar surface area (TPSA) is 100 Å². The summed E-state index contributed by atoms with van der Waals surface area (Å²) >= 11 is 1.66. The second-order valence-corrected chi connectivity index (χ2v) is 8.60. The summed E-state index contributed by atoms with van der Waals surface area (Å²) < 4.78 is 1.42. The molecule has 162 valence electrons. The maximum Gasteiger partial charge on any atom is 0.265 e. The van der Waals surface area contributed by atoms with Crippen molar-refractivity contribution in [3.05, 3.63) is 86.5 Å². The number of carboxylic acids is 1. The standard InChI is InChI=1S/C24H22N4O3S/c1-15(2)19-14-32-21(26-19)7-5-16-9-11-28-20(12-16)27-23(17-4-3-10-25-13-17)18(24(28)31)6-8-22(29)30/h3-4,6,8-15H,5,7H2,1-2H3,(H,29,30)/p-1/b8-6+. The number of aromatic nitrogens is 4. The number of carboxylic acid groups (broad SMARTS) is 1. The number of nitrogens with zero attached hydrogens (tertiary/aromatic N) is 4. The number of pyridine rings is 2. The Morgan fingerprint density at radius 3 is 2.78 bits per heavy atom. The van der Waals surface area contributed by atoms with Crippen LogP contribution in [-0.4, -0.2) is 25.3 Å². The zero-order chi connectivity index (χ0) is 22.7. The summed E-state index contributed by atoms with van der Waals surface area (Å²) in [5.41, 5.74) is 3.43. The van der Waals surface area contributed by atoms with E-state index in [1.807, 2.05) is 12.1 Å². The van der Waals surface area contributed by atoms with Crippen LogP contribution in [-0.2, 0) is 17.6 Å². The highest BCUT2D eigenvalue weighted by Gasteiger charge is 2.13. The van der Waals surface area contributed by atoms with E-state index in [4.69, 9.17) is 0 Å². The van der Waals surface area contributed by atoms with E-state index < -0.39 is 5.97 Å². The lowest BCUT2D eigenvalue weighted by Gasteiger charge is -2.10. The van der Waals surface area contributed by atoms with Gasteiger partial charge in [-0.1, -0.05) is 13.8 Å². The van der Waals surface area contributed by atoms with Crippen molar-refractivity contribution in [3.8, 4) is 11.3 Å². The normalized spacial score (nSPS) is 11.6. The zero-order valence-corrected chi connectivity index (χ0v) is 18.5. The lowest BCUT2D eigenvalue weighted by molar-refractivity contribution is -0.297. The summed E-state index contributed by atoms with van der Waals surface area (Å²) in [7, 11) is 0. The third-order valence-electron chi connectivity index (χ3n) is 5.04. The molecule has 8 heteroatoms. The number of hydrogen-bond acceptors (Lipinski definition) is 7. The summed E-state index contributed by atoms with van der Waals surface area (Å²) in [6, 6.07) is 7.27. The second-order valence-electron chi connectivity index (χ2n) is 7.66. The largest absolute Gasteiger partial charge is 0.545 e. The number of carbonyl (C=O) groups is 1. The van der Waals surface area contributed by atoms with Crippen molar-refractivity contribution in [2.24, 2.45) is 0 Å². The van der Waals surface area contributed by atoms with Gasteiger partial charge < -0.3 is 9.90 Å². The number of aryl methyl sites for hydroxylation is 2. The van der Waals surface area contributed by atoms with Gasteiger partial charge in [0.1, 0.15) is 5.65 Å². The molecule has 0 saturated carbocycles. The maximum absolute atomic E-state index is 13.1. The average Bonchev–Trinajstić information content (AvgIpc) is 3.27. The van der Waals surface area contributed by atoms with Crippen LogP contribution in [0.25, 0.3) is 23.0 Å². The molecule has 0 fully saturated rings. The fourth-order valence-electron chi connectivity index (χ4n) is 3.33. The van der Waals surface area contributed by atoms with Crippen LogP contribution in [0.4, 0.5) is 0 Å². The van der Waals surface area contributed by atoms with E-state index in [9.17, 15) is 14.7 Å². The molecule has 0 aromatic carbocycles. The average molecular weight is 446 g/mol. The molecule has 4 aromatic rings. The molecule has 32 heavy (non-hydrogen) atoms. The molecule has 0 bridgehead atoms. The van der Waals surface area contributed by atoms with Gasteiger partial charge in [0.05, 0.1) is 27.9 Å². The van der Waals surface area contributed by atoms with Crippen LogP contribution in [0.15, 0.2) is 59.1 Å². The van der Waals surface area contributed by atoms with Crippen LogP contribution in [0.5, 0.6) is 0 Å². The highest BCUT2D eigenvalue weighted by molar-refractivity contribution is 7.09. The predicted molar refractivity (Wildman–Crippen MR) is 122 cm³/mol. The summed E-state index contributed by atoms with van der Waals surface area (Å²) in [4.78, 5) is 37.5. The number of carbonyl (C=O) groups excluding carboxylic acids is 1. The minimum absolute atomic E-state index is 0.163. The summed E-state index contributed by atoms with van der Waals surface area (Å²) in [6.07, 6.45) is 8.51. The van der Waals surface area contributed by atoms with Crippen molar-refractivity contribution < 1.29 is 9.90 Å². The summed E-state index contributed by atoms with van der Waals surface area (Å²) in [5.74, 6) is -0.979. The predicted octanol–water partition coefficient (Wildman–Crippen LogP) is 2.88. The minimum atomic E-state index is -1.38. The number of hydrogen-bond donors (Lipinski definition) is 0. The van der Waals surface area contributed by atoms with Crippen LogP contribution < -0.4 is 10.7 Å². The lowest BCUT2D eigenvalue weighted by atomic mass is 10.1. The molecule has 4 heterocycles. The van der Waals surface area contributed by atoms with Gasteiger partial charge in [0.2, 0.25) is 0 Å². The molecule has 7 nitrogen and oxygen atoms in total. The molecule has 0 spiro atoms. The van der Waals surface area contributed by atoms with Crippen LogP contribution in [0, 0.1) is 0 Å². The molecule has 0 amide bonds. The van der Waals surface area contributed by atoms with Crippen molar-refractivity contribution in [2.75, 3.05) is 0 Å². The zero-order valence-electron chi connectivity index (χ0n) is 17.7. The maximum atomic E-state index is 13.1. The molecule has 4 rings (SSSR count). The minimum Gasteiger partial charge on any atom is -0.545 e. The van der Waals surface area contributed by atoms with E-state index in [0.717, 1.165) is 35.2 Å². The first-order valence-electron chi connectivity index (χ1n) is 10.2. The number of fused-ring (bicyclic) bond motifs is 1. The van der Waals surface area contributed by atoms with Crippen molar-refractivity contribution in [3.63, 3.8) is 0 Å². The van der Waals surface area contributed by atoms with Gasteiger partial charge in [0, 0.05) is 36.0 Å². The van der Waals surface area contributed by atoms with Crippen LogP contribution >= 0.6 is 11.3 Å². The molecule has 4 aromatic heterocycles. The van der Waals surface area contributed by atoms with Gasteiger partial charge in [-0.05, 0) is 54.3 Å². The van der Waals surface area contributed by atoms with Gasteiger partial charge in [-0.2, -0.15) is 0 Å². The Labute approximate surface area is 188 Å². The van der Waals surface area contributed by atoms with Crippen LogP contribution in [0.3, 0.4) is 0 Å². The molecular weight excluding hydrogens is 424 g/mol. The number of thiazole rings is 1. The van der Waals surface area contributed by atoms with Gasteiger partial charge in [0.25, 0.3) is 5.56 Å². The molecule has 0 aliphatic carbocycles. The van der Waals surface area contributed by atoms with Gasteiger partial charge >= 0.3 is 0 Å². The lowest BCUT2D eigenvalue weighted by Crippen LogP contribution is -2.21. The van der Waals surface area contributed by atoms with E-state index in [0.29, 0.717) is 22.8 Å². The van der Waals surface area contributed by atoms with E-state index in [1.165, 1.54) is 10.5 Å².